The third kappa shape index (κ3) is 5.31. The van der Waals surface area contributed by atoms with E-state index >= 15 is 0 Å². The van der Waals surface area contributed by atoms with Gasteiger partial charge in [0.25, 0.3) is 0 Å². The maximum absolute atomic E-state index is 13.4. The topological polar surface area (TPSA) is 47.6 Å². The van der Waals surface area contributed by atoms with Crippen LogP contribution in [-0.4, -0.2) is 25.7 Å². The van der Waals surface area contributed by atoms with E-state index in [1.165, 1.54) is 6.08 Å². The van der Waals surface area contributed by atoms with Gasteiger partial charge in [-0.1, -0.05) is 12.1 Å². The highest BCUT2D eigenvalue weighted by atomic mass is 19.4. The first-order valence-corrected chi connectivity index (χ1v) is 10.9. The van der Waals surface area contributed by atoms with E-state index < -0.39 is 23.5 Å². The van der Waals surface area contributed by atoms with E-state index in [1.807, 2.05) is 12.1 Å². The fraction of sp³-hybridized carbons (Fsp3) is 0.400. The van der Waals surface area contributed by atoms with Gasteiger partial charge in [-0.15, -0.1) is 0 Å². The molecule has 1 heterocycles. The van der Waals surface area contributed by atoms with E-state index in [2.05, 4.69) is 5.32 Å². The number of ether oxygens (including phenoxy) is 2. The average molecular weight is 463 g/mol. The van der Waals surface area contributed by atoms with Gasteiger partial charge in [0.1, 0.15) is 5.82 Å². The van der Waals surface area contributed by atoms with Crippen molar-refractivity contribution in [2.75, 3.05) is 13.7 Å². The first-order chi connectivity index (χ1) is 15.7. The number of alkyl halides is 3. The summed E-state index contributed by atoms with van der Waals surface area (Å²) in [6.07, 6.45) is 1.06. The number of carbonyl (C=O) groups excluding carboxylic acids is 1. The number of hydrogen-bond acceptors (Lipinski definition) is 3. The maximum atomic E-state index is 13.4. The largest absolute Gasteiger partial charge is 0.493 e. The van der Waals surface area contributed by atoms with Crippen molar-refractivity contribution in [3.05, 3.63) is 64.5 Å². The lowest BCUT2D eigenvalue weighted by molar-refractivity contribution is -0.138. The highest BCUT2D eigenvalue weighted by Crippen LogP contribution is 2.38. The van der Waals surface area contributed by atoms with Crippen molar-refractivity contribution < 1.29 is 31.8 Å². The molecule has 1 aliphatic heterocycles. The van der Waals surface area contributed by atoms with Gasteiger partial charge in [0.15, 0.2) is 11.5 Å². The van der Waals surface area contributed by atoms with Gasteiger partial charge < -0.3 is 14.8 Å². The number of benzene rings is 2. The average Bonchev–Trinajstić information content (AvgIpc) is 3.29. The summed E-state index contributed by atoms with van der Waals surface area (Å²) in [6.45, 7) is 0.348. The molecular weight excluding hydrogens is 438 g/mol. The molecule has 1 aliphatic carbocycles. The third-order valence-electron chi connectivity index (χ3n) is 6.17. The molecule has 4 rings (SSSR count). The van der Waals surface area contributed by atoms with Gasteiger partial charge in [-0.3, -0.25) is 4.79 Å². The number of halogens is 4. The molecule has 0 radical (unpaired) electrons. The van der Waals surface area contributed by atoms with Crippen LogP contribution in [0.1, 0.15) is 54.7 Å². The molecule has 176 valence electrons. The fourth-order valence-corrected chi connectivity index (χ4v) is 4.43. The summed E-state index contributed by atoms with van der Waals surface area (Å²) in [4.78, 5) is 12.4. The standard InChI is InChI=1S/C25H25F4NO3/c1-32-22-9-7-15(12-23(22)33-20-4-2-3-5-20)18-11-17(24(31)30-14-18)10-16-6-8-19(26)13-21(16)25(27,28)29/h6-10,12-13,18,20H,2-5,11,14H2,1H3,(H,30,31)/t18-/m1/s1. The lowest BCUT2D eigenvalue weighted by Gasteiger charge is -2.26. The number of nitrogens with one attached hydrogen (secondary N) is 1. The SMILES string of the molecule is COc1ccc([C@H]2CNC(=O)C(=Cc3ccc(F)cc3C(F)(F)F)C2)cc1OC1CCCC1. The summed E-state index contributed by atoms with van der Waals surface area (Å²) < 4.78 is 65.2. The molecule has 1 saturated heterocycles. The second-order valence-corrected chi connectivity index (χ2v) is 8.44. The number of carbonyl (C=O) groups is 1. The highest BCUT2D eigenvalue weighted by molar-refractivity contribution is 5.99. The highest BCUT2D eigenvalue weighted by Gasteiger charge is 2.34. The molecule has 2 aromatic carbocycles. The van der Waals surface area contributed by atoms with Crippen LogP contribution in [0, 0.1) is 5.82 Å². The predicted molar refractivity (Wildman–Crippen MR) is 116 cm³/mol. The van der Waals surface area contributed by atoms with Gasteiger partial charge in [-0.05, 0) is 73.6 Å². The van der Waals surface area contributed by atoms with Crippen LogP contribution in [0.3, 0.4) is 0 Å². The van der Waals surface area contributed by atoms with Crippen LogP contribution in [0.2, 0.25) is 0 Å². The number of piperidine rings is 1. The molecule has 2 aliphatic rings. The molecule has 0 bridgehead atoms. The maximum Gasteiger partial charge on any atom is 0.417 e. The molecule has 0 aromatic heterocycles. The minimum Gasteiger partial charge on any atom is -0.493 e. The first-order valence-electron chi connectivity index (χ1n) is 10.9. The lowest BCUT2D eigenvalue weighted by atomic mass is 9.87. The Balaban J connectivity index is 1.61. The number of rotatable bonds is 5. The minimum atomic E-state index is -4.73. The Morgan fingerprint density at radius 3 is 2.52 bits per heavy atom. The number of methoxy groups -OCH3 is 1. The second-order valence-electron chi connectivity index (χ2n) is 8.44. The first kappa shape index (κ1) is 23.1. The molecule has 33 heavy (non-hydrogen) atoms. The number of hydrogen-bond donors (Lipinski definition) is 1. The molecule has 2 aromatic rings. The van der Waals surface area contributed by atoms with Crippen LogP contribution >= 0.6 is 0 Å². The van der Waals surface area contributed by atoms with Crippen molar-refractivity contribution in [2.45, 2.75) is 50.3 Å². The molecule has 1 amide bonds. The van der Waals surface area contributed by atoms with E-state index in [0.29, 0.717) is 24.1 Å². The van der Waals surface area contributed by atoms with Crippen LogP contribution in [0.25, 0.3) is 6.08 Å². The summed E-state index contributed by atoms with van der Waals surface area (Å²) in [6, 6.07) is 8.01. The molecular formula is C25H25F4NO3. The predicted octanol–water partition coefficient (Wildman–Crippen LogP) is 5.86. The third-order valence-corrected chi connectivity index (χ3v) is 6.17. The van der Waals surface area contributed by atoms with Crippen LogP contribution in [0.5, 0.6) is 11.5 Å². The Bertz CT molecular complexity index is 1060. The molecule has 8 heteroatoms. The summed E-state index contributed by atoms with van der Waals surface area (Å²) >= 11 is 0. The Kier molecular flexibility index (Phi) is 6.63. The Labute approximate surface area is 189 Å². The quantitative estimate of drug-likeness (QED) is 0.446. The van der Waals surface area contributed by atoms with Crippen molar-refractivity contribution in [3.8, 4) is 11.5 Å². The zero-order valence-electron chi connectivity index (χ0n) is 18.2. The Hall–Kier alpha value is -3.03. The Morgan fingerprint density at radius 2 is 1.82 bits per heavy atom. The van der Waals surface area contributed by atoms with Gasteiger partial charge in [-0.25, -0.2) is 4.39 Å². The normalized spacial score (nSPS) is 20.7. The van der Waals surface area contributed by atoms with Crippen LogP contribution in [-0.2, 0) is 11.0 Å². The second kappa shape index (κ2) is 9.45. The monoisotopic (exact) mass is 463 g/mol. The molecule has 0 unspecified atom stereocenters. The van der Waals surface area contributed by atoms with E-state index in [4.69, 9.17) is 9.47 Å². The molecule has 1 saturated carbocycles. The molecule has 4 nitrogen and oxygen atoms in total. The van der Waals surface area contributed by atoms with Crippen molar-refractivity contribution in [2.24, 2.45) is 0 Å². The zero-order valence-corrected chi connectivity index (χ0v) is 18.2. The van der Waals surface area contributed by atoms with E-state index in [1.54, 1.807) is 13.2 Å². The fourth-order valence-electron chi connectivity index (χ4n) is 4.43. The summed E-state index contributed by atoms with van der Waals surface area (Å²) in [7, 11) is 1.57. The van der Waals surface area contributed by atoms with Gasteiger partial charge in [0, 0.05) is 18.0 Å². The number of amides is 1. The van der Waals surface area contributed by atoms with E-state index in [-0.39, 0.29) is 29.6 Å². The molecule has 2 fully saturated rings. The molecule has 0 spiro atoms. The van der Waals surface area contributed by atoms with Crippen molar-refractivity contribution in [3.63, 3.8) is 0 Å². The molecule has 1 atom stereocenters. The Morgan fingerprint density at radius 1 is 1.06 bits per heavy atom. The summed E-state index contributed by atoms with van der Waals surface area (Å²) in [5.41, 5.74) is -0.251. The van der Waals surface area contributed by atoms with Crippen molar-refractivity contribution in [1.29, 1.82) is 0 Å². The minimum absolute atomic E-state index is 0.134. The smallest absolute Gasteiger partial charge is 0.417 e. The van der Waals surface area contributed by atoms with Gasteiger partial charge in [-0.2, -0.15) is 13.2 Å². The van der Waals surface area contributed by atoms with Crippen LogP contribution in [0.15, 0.2) is 42.0 Å². The zero-order chi connectivity index (χ0) is 23.6. The van der Waals surface area contributed by atoms with Crippen molar-refractivity contribution >= 4 is 12.0 Å². The van der Waals surface area contributed by atoms with Crippen LogP contribution < -0.4 is 14.8 Å². The van der Waals surface area contributed by atoms with Gasteiger partial charge in [0.05, 0.1) is 18.8 Å². The summed E-state index contributed by atoms with van der Waals surface area (Å²) in [5.74, 6) is -0.326. The van der Waals surface area contributed by atoms with Crippen LogP contribution in [0.4, 0.5) is 17.6 Å². The molecule has 1 N–H and O–H groups in total. The van der Waals surface area contributed by atoms with E-state index in [0.717, 1.165) is 43.4 Å². The van der Waals surface area contributed by atoms with Gasteiger partial charge >= 0.3 is 6.18 Å². The summed E-state index contributed by atoms with van der Waals surface area (Å²) in [5, 5.41) is 2.76. The lowest BCUT2D eigenvalue weighted by Crippen LogP contribution is -2.35. The van der Waals surface area contributed by atoms with Gasteiger partial charge in [0.2, 0.25) is 5.91 Å². The van der Waals surface area contributed by atoms with E-state index in [9.17, 15) is 22.4 Å². The van der Waals surface area contributed by atoms with Crippen molar-refractivity contribution in [1.82, 2.24) is 5.32 Å².